The number of hydrogen-bond donors (Lipinski definition) is 4. The van der Waals surface area contributed by atoms with Crippen LogP contribution in [-0.4, -0.2) is 41.1 Å². The number of phenols is 1. The minimum atomic E-state index is -0.485. The Kier molecular flexibility index (Phi) is 7.33. The Balaban J connectivity index is 2.68. The van der Waals surface area contributed by atoms with Crippen LogP contribution in [0, 0.1) is 6.92 Å². The van der Waals surface area contributed by atoms with E-state index in [9.17, 15) is 10.2 Å². The normalized spacial score (nSPS) is 13.4. The van der Waals surface area contributed by atoms with Gasteiger partial charge in [0, 0.05) is 13.0 Å². The lowest BCUT2D eigenvalue weighted by Crippen LogP contribution is -2.23. The fourth-order valence-electron chi connectivity index (χ4n) is 2.54. The van der Waals surface area contributed by atoms with Gasteiger partial charge in [-0.15, -0.1) is 0 Å². The third-order valence-electron chi connectivity index (χ3n) is 3.93. The minimum Gasteiger partial charge on any atom is -0.507 e. The highest BCUT2D eigenvalue weighted by Gasteiger charge is 2.22. The van der Waals surface area contributed by atoms with E-state index in [1.807, 2.05) is 19.1 Å². The second-order valence-corrected chi connectivity index (χ2v) is 6.98. The van der Waals surface area contributed by atoms with Crippen molar-refractivity contribution in [3.8, 4) is 5.75 Å². The molecule has 0 fully saturated rings. The number of aliphatic hydroxyl groups is 2. The molecule has 0 saturated carbocycles. The molecule has 1 atom stereocenters. The van der Waals surface area contributed by atoms with E-state index in [0.29, 0.717) is 25.1 Å². The van der Waals surface area contributed by atoms with Crippen LogP contribution in [0.4, 0.5) is 0 Å². The molecule has 4 N–H and O–H groups in total. The summed E-state index contributed by atoms with van der Waals surface area (Å²) >= 11 is 0. The first-order valence-electron chi connectivity index (χ1n) is 8.09. The summed E-state index contributed by atoms with van der Waals surface area (Å²) < 4.78 is 0. The highest BCUT2D eigenvalue weighted by atomic mass is 16.3. The lowest BCUT2D eigenvalue weighted by Gasteiger charge is -2.24. The van der Waals surface area contributed by atoms with Crippen molar-refractivity contribution in [3.63, 3.8) is 0 Å². The summed E-state index contributed by atoms with van der Waals surface area (Å²) in [6, 6.07) is 3.98. The van der Waals surface area contributed by atoms with Crippen molar-refractivity contribution < 1.29 is 15.3 Å². The number of nitrogens with one attached hydrogen (secondary N) is 1. The SMILES string of the molecule is Cc1ccc(C(C)(C)C)c(O)c1CC(O)CCNCCCO. The molecule has 0 saturated heterocycles. The number of rotatable bonds is 8. The maximum Gasteiger partial charge on any atom is 0.122 e. The number of aliphatic hydroxyl groups excluding tert-OH is 2. The second-order valence-electron chi connectivity index (χ2n) is 6.98. The Morgan fingerprint density at radius 3 is 2.45 bits per heavy atom. The third kappa shape index (κ3) is 5.59. The van der Waals surface area contributed by atoms with Gasteiger partial charge in [0.25, 0.3) is 0 Å². The third-order valence-corrected chi connectivity index (χ3v) is 3.93. The van der Waals surface area contributed by atoms with Gasteiger partial charge in [-0.2, -0.15) is 0 Å². The summed E-state index contributed by atoms with van der Waals surface area (Å²) in [7, 11) is 0. The molecule has 0 bridgehead atoms. The van der Waals surface area contributed by atoms with E-state index in [0.717, 1.165) is 29.7 Å². The highest BCUT2D eigenvalue weighted by molar-refractivity contribution is 5.48. The lowest BCUT2D eigenvalue weighted by molar-refractivity contribution is 0.162. The van der Waals surface area contributed by atoms with Gasteiger partial charge < -0.3 is 20.6 Å². The van der Waals surface area contributed by atoms with Gasteiger partial charge in [0.1, 0.15) is 5.75 Å². The van der Waals surface area contributed by atoms with Gasteiger partial charge >= 0.3 is 0 Å². The fraction of sp³-hybridized carbons (Fsp3) is 0.667. The molecule has 0 aliphatic heterocycles. The summed E-state index contributed by atoms with van der Waals surface area (Å²) in [6.07, 6.45) is 1.33. The van der Waals surface area contributed by atoms with E-state index >= 15 is 0 Å². The Hall–Kier alpha value is -1.10. The molecule has 0 radical (unpaired) electrons. The lowest BCUT2D eigenvalue weighted by atomic mass is 9.83. The molecular formula is C18H31NO3. The van der Waals surface area contributed by atoms with Gasteiger partial charge in [0.05, 0.1) is 6.10 Å². The quantitative estimate of drug-likeness (QED) is 0.556. The van der Waals surface area contributed by atoms with Crippen LogP contribution in [0.1, 0.15) is 50.3 Å². The van der Waals surface area contributed by atoms with Gasteiger partial charge in [-0.05, 0) is 55.0 Å². The van der Waals surface area contributed by atoms with Crippen molar-refractivity contribution in [2.45, 2.75) is 58.5 Å². The molecule has 1 aromatic rings. The predicted molar refractivity (Wildman–Crippen MR) is 90.4 cm³/mol. The van der Waals surface area contributed by atoms with Crippen LogP contribution in [0.15, 0.2) is 12.1 Å². The molecule has 1 rings (SSSR count). The molecule has 126 valence electrons. The molecule has 0 spiro atoms. The van der Waals surface area contributed by atoms with Gasteiger partial charge in [-0.1, -0.05) is 32.9 Å². The number of benzene rings is 1. The van der Waals surface area contributed by atoms with Crippen molar-refractivity contribution in [2.24, 2.45) is 0 Å². The first kappa shape index (κ1) is 18.9. The summed E-state index contributed by atoms with van der Waals surface area (Å²) in [5.74, 6) is 0.319. The van der Waals surface area contributed by atoms with Crippen molar-refractivity contribution in [1.82, 2.24) is 5.32 Å². The van der Waals surface area contributed by atoms with Crippen LogP contribution >= 0.6 is 0 Å². The van der Waals surface area contributed by atoms with Crippen molar-refractivity contribution in [2.75, 3.05) is 19.7 Å². The molecule has 0 aromatic heterocycles. The standard InChI is InChI=1S/C18H31NO3/c1-13-6-7-16(18(2,3)4)17(22)15(13)12-14(21)8-10-19-9-5-11-20/h6-7,14,19-22H,5,8-12H2,1-4H3. The van der Waals surface area contributed by atoms with Crippen LogP contribution < -0.4 is 5.32 Å². The van der Waals surface area contributed by atoms with E-state index < -0.39 is 6.10 Å². The number of hydrogen-bond acceptors (Lipinski definition) is 4. The van der Waals surface area contributed by atoms with Gasteiger partial charge in [0.2, 0.25) is 0 Å². The molecule has 4 heteroatoms. The number of aromatic hydroxyl groups is 1. The Morgan fingerprint density at radius 1 is 1.18 bits per heavy atom. The molecule has 1 aromatic carbocycles. The van der Waals surface area contributed by atoms with E-state index in [1.54, 1.807) is 0 Å². The first-order chi connectivity index (χ1) is 10.3. The van der Waals surface area contributed by atoms with Crippen LogP contribution in [0.3, 0.4) is 0 Å². The van der Waals surface area contributed by atoms with Crippen molar-refractivity contribution in [3.05, 3.63) is 28.8 Å². The summed E-state index contributed by atoms with van der Waals surface area (Å²) in [4.78, 5) is 0. The molecule has 22 heavy (non-hydrogen) atoms. The average Bonchev–Trinajstić information content (AvgIpc) is 2.41. The molecular weight excluding hydrogens is 278 g/mol. The zero-order valence-corrected chi connectivity index (χ0v) is 14.3. The second kappa shape index (κ2) is 8.51. The van der Waals surface area contributed by atoms with Crippen LogP contribution in [0.2, 0.25) is 0 Å². The zero-order chi connectivity index (χ0) is 16.8. The molecule has 0 heterocycles. The van der Waals surface area contributed by atoms with Gasteiger partial charge in [0.15, 0.2) is 0 Å². The topological polar surface area (TPSA) is 72.7 Å². The van der Waals surface area contributed by atoms with E-state index in [-0.39, 0.29) is 12.0 Å². The highest BCUT2D eigenvalue weighted by Crippen LogP contribution is 2.35. The smallest absolute Gasteiger partial charge is 0.122 e. The van der Waals surface area contributed by atoms with Crippen molar-refractivity contribution in [1.29, 1.82) is 0 Å². The van der Waals surface area contributed by atoms with Crippen LogP contribution in [0.25, 0.3) is 0 Å². The largest absolute Gasteiger partial charge is 0.507 e. The van der Waals surface area contributed by atoms with Crippen LogP contribution in [-0.2, 0) is 11.8 Å². The summed E-state index contributed by atoms with van der Waals surface area (Å²) in [6.45, 7) is 9.83. The van der Waals surface area contributed by atoms with Gasteiger partial charge in [-0.3, -0.25) is 0 Å². The van der Waals surface area contributed by atoms with Crippen molar-refractivity contribution >= 4 is 0 Å². The monoisotopic (exact) mass is 309 g/mol. The number of aryl methyl sites for hydroxylation is 1. The Labute approximate surface area is 134 Å². The molecule has 0 amide bonds. The van der Waals surface area contributed by atoms with E-state index in [4.69, 9.17) is 5.11 Å². The first-order valence-corrected chi connectivity index (χ1v) is 8.09. The molecule has 4 nitrogen and oxygen atoms in total. The zero-order valence-electron chi connectivity index (χ0n) is 14.3. The maximum atomic E-state index is 10.5. The van der Waals surface area contributed by atoms with Crippen LogP contribution in [0.5, 0.6) is 5.75 Å². The maximum absolute atomic E-state index is 10.5. The predicted octanol–water partition coefficient (Wildman–Crippen LogP) is 2.26. The Bertz CT molecular complexity index is 466. The fourth-order valence-corrected chi connectivity index (χ4v) is 2.54. The minimum absolute atomic E-state index is 0.122. The Morgan fingerprint density at radius 2 is 1.86 bits per heavy atom. The average molecular weight is 309 g/mol. The summed E-state index contributed by atoms with van der Waals surface area (Å²) in [5.41, 5.74) is 2.65. The van der Waals surface area contributed by atoms with E-state index in [1.165, 1.54) is 0 Å². The van der Waals surface area contributed by atoms with Gasteiger partial charge in [-0.25, -0.2) is 0 Å². The van der Waals surface area contributed by atoms with E-state index in [2.05, 4.69) is 26.1 Å². The molecule has 0 aliphatic rings. The molecule has 0 aliphatic carbocycles. The number of phenolic OH excluding ortho intramolecular Hbond substituents is 1. The summed E-state index contributed by atoms with van der Waals surface area (Å²) in [5, 5.41) is 32.6. The molecule has 1 unspecified atom stereocenters.